The first kappa shape index (κ1) is 12.3. The molecule has 0 bridgehead atoms. The highest BCUT2D eigenvalue weighted by atomic mass is 32.2. The second kappa shape index (κ2) is 5.37. The van der Waals surface area contributed by atoms with Gasteiger partial charge in [0.15, 0.2) is 0 Å². The highest BCUT2D eigenvalue weighted by Crippen LogP contribution is 2.30. The van der Waals surface area contributed by atoms with Crippen molar-refractivity contribution in [2.24, 2.45) is 0 Å². The minimum atomic E-state index is -0.619. The van der Waals surface area contributed by atoms with E-state index >= 15 is 0 Å². The van der Waals surface area contributed by atoms with Gasteiger partial charge in [0.25, 0.3) is 0 Å². The second-order valence-corrected chi connectivity index (χ2v) is 4.56. The fourth-order valence-corrected chi connectivity index (χ4v) is 2.79. The molecule has 0 aromatic rings. The number of methoxy groups -OCH3 is 1. The average molecular weight is 232 g/mol. The monoisotopic (exact) mass is 232 g/mol. The van der Waals surface area contributed by atoms with Crippen molar-refractivity contribution in [3.05, 3.63) is 0 Å². The molecule has 1 atom stereocenters. The molecule has 0 aromatic carbocycles. The maximum absolute atomic E-state index is 11.2. The summed E-state index contributed by atoms with van der Waals surface area (Å²) in [6.45, 7) is 0.392. The number of hydrogen-bond donors (Lipinski definition) is 2. The van der Waals surface area contributed by atoms with Crippen LogP contribution in [0.3, 0.4) is 0 Å². The molecule has 1 saturated heterocycles. The lowest BCUT2D eigenvalue weighted by molar-refractivity contribution is -0.139. The van der Waals surface area contributed by atoms with Crippen LogP contribution in [-0.2, 0) is 14.3 Å². The molecule has 0 radical (unpaired) electrons. The first-order valence-corrected chi connectivity index (χ1v) is 5.92. The predicted molar refractivity (Wildman–Crippen MR) is 58.8 cm³/mol. The number of hydrogen-bond acceptors (Lipinski definition) is 4. The molecule has 1 unspecified atom stereocenters. The Morgan fingerprint density at radius 3 is 2.67 bits per heavy atom. The van der Waals surface area contributed by atoms with Gasteiger partial charge in [0.05, 0.1) is 5.60 Å². The van der Waals surface area contributed by atoms with Crippen LogP contribution in [0.4, 0.5) is 0 Å². The number of amides is 2. The molecule has 1 aliphatic rings. The van der Waals surface area contributed by atoms with Crippen LogP contribution in [0.15, 0.2) is 0 Å². The molecule has 2 N–H and O–H groups in total. The van der Waals surface area contributed by atoms with Crippen LogP contribution >= 0.6 is 11.8 Å². The fraction of sp³-hybridized carbons (Fsp3) is 0.778. The lowest BCUT2D eigenvalue weighted by Crippen LogP contribution is -2.48. The summed E-state index contributed by atoms with van der Waals surface area (Å²) in [6.07, 6.45) is 0.905. The van der Waals surface area contributed by atoms with E-state index in [1.165, 1.54) is 7.05 Å². The third-order valence-electron chi connectivity index (χ3n) is 2.50. The largest absolute Gasteiger partial charge is 0.376 e. The summed E-state index contributed by atoms with van der Waals surface area (Å²) in [4.78, 5) is 22.1. The van der Waals surface area contributed by atoms with Crippen molar-refractivity contribution in [3.8, 4) is 0 Å². The van der Waals surface area contributed by atoms with Crippen LogP contribution in [0.25, 0.3) is 0 Å². The van der Waals surface area contributed by atoms with E-state index in [0.29, 0.717) is 6.54 Å². The van der Waals surface area contributed by atoms with Gasteiger partial charge in [-0.15, -0.1) is 0 Å². The highest BCUT2D eigenvalue weighted by Gasteiger charge is 2.35. The zero-order valence-electron chi connectivity index (χ0n) is 8.96. The van der Waals surface area contributed by atoms with Gasteiger partial charge in [0.2, 0.25) is 0 Å². The van der Waals surface area contributed by atoms with E-state index in [9.17, 15) is 9.59 Å². The van der Waals surface area contributed by atoms with E-state index < -0.39 is 11.8 Å². The summed E-state index contributed by atoms with van der Waals surface area (Å²) < 4.78 is 5.40. The third kappa shape index (κ3) is 3.10. The summed E-state index contributed by atoms with van der Waals surface area (Å²) in [7, 11) is 3.07. The van der Waals surface area contributed by atoms with Crippen LogP contribution in [0.1, 0.15) is 6.42 Å². The van der Waals surface area contributed by atoms with Gasteiger partial charge in [-0.1, -0.05) is 0 Å². The predicted octanol–water partition coefficient (Wildman–Crippen LogP) is -0.629. The van der Waals surface area contributed by atoms with Crippen molar-refractivity contribution in [3.63, 3.8) is 0 Å². The standard InChI is InChI=1S/C9H16N2O3S/c1-10-7(12)8(13)11-5-9(14-2)3-4-15-6-9/h3-6H2,1-2H3,(H,10,12)(H,11,13). The lowest BCUT2D eigenvalue weighted by atomic mass is 10.0. The number of thioether (sulfide) groups is 1. The molecule has 86 valence electrons. The van der Waals surface area contributed by atoms with Crippen LogP contribution in [0.2, 0.25) is 0 Å². The Bertz CT molecular complexity index is 252. The quantitative estimate of drug-likeness (QED) is 0.636. The highest BCUT2D eigenvalue weighted by molar-refractivity contribution is 7.99. The number of rotatable bonds is 3. The molecule has 2 amide bonds. The first-order valence-electron chi connectivity index (χ1n) is 4.76. The van der Waals surface area contributed by atoms with E-state index in [0.717, 1.165) is 17.9 Å². The molecule has 0 aromatic heterocycles. The summed E-state index contributed by atoms with van der Waals surface area (Å²) in [5.41, 5.74) is -0.297. The zero-order chi connectivity index (χ0) is 11.3. The van der Waals surface area contributed by atoms with Crippen LogP contribution in [0.5, 0.6) is 0 Å². The number of carbonyl (C=O) groups is 2. The minimum Gasteiger partial charge on any atom is -0.376 e. The molecule has 0 aliphatic carbocycles. The minimum absolute atomic E-state index is 0.297. The number of carbonyl (C=O) groups excluding carboxylic acids is 2. The summed E-state index contributed by atoms with van der Waals surface area (Å²) >= 11 is 1.79. The lowest BCUT2D eigenvalue weighted by Gasteiger charge is -2.26. The maximum Gasteiger partial charge on any atom is 0.309 e. The molecule has 1 heterocycles. The van der Waals surface area contributed by atoms with Crippen molar-refractivity contribution in [1.82, 2.24) is 10.6 Å². The number of likely N-dealkylation sites (N-methyl/N-ethyl adjacent to an activating group) is 1. The van der Waals surface area contributed by atoms with E-state index in [1.54, 1.807) is 18.9 Å². The van der Waals surface area contributed by atoms with E-state index in [2.05, 4.69) is 10.6 Å². The smallest absolute Gasteiger partial charge is 0.309 e. The van der Waals surface area contributed by atoms with Gasteiger partial charge in [-0.3, -0.25) is 9.59 Å². The van der Waals surface area contributed by atoms with E-state index in [-0.39, 0.29) is 5.60 Å². The normalized spacial score (nSPS) is 24.9. The molecule has 0 saturated carbocycles. The van der Waals surface area contributed by atoms with Crippen molar-refractivity contribution in [2.45, 2.75) is 12.0 Å². The number of nitrogens with one attached hydrogen (secondary N) is 2. The van der Waals surface area contributed by atoms with Gasteiger partial charge in [0, 0.05) is 26.5 Å². The first-order chi connectivity index (χ1) is 7.13. The molecule has 1 rings (SSSR count). The Kier molecular flexibility index (Phi) is 4.41. The molecule has 5 nitrogen and oxygen atoms in total. The van der Waals surface area contributed by atoms with Crippen molar-refractivity contribution < 1.29 is 14.3 Å². The van der Waals surface area contributed by atoms with Gasteiger partial charge in [-0.05, 0) is 12.2 Å². The summed E-state index contributed by atoms with van der Waals surface area (Å²) in [5.74, 6) is 0.666. The molecule has 0 spiro atoms. The van der Waals surface area contributed by atoms with Crippen LogP contribution in [0, 0.1) is 0 Å². The molecule has 1 fully saturated rings. The summed E-state index contributed by atoms with van der Waals surface area (Å²) in [5, 5.41) is 4.85. The van der Waals surface area contributed by atoms with E-state index in [4.69, 9.17) is 4.74 Å². The van der Waals surface area contributed by atoms with Crippen LogP contribution < -0.4 is 10.6 Å². The number of ether oxygens (including phenoxy) is 1. The van der Waals surface area contributed by atoms with Gasteiger partial charge < -0.3 is 15.4 Å². The fourth-order valence-electron chi connectivity index (χ4n) is 1.40. The second-order valence-electron chi connectivity index (χ2n) is 3.45. The Hall–Kier alpha value is -0.750. The van der Waals surface area contributed by atoms with Crippen molar-refractivity contribution in [1.29, 1.82) is 0 Å². The molecule has 1 aliphatic heterocycles. The Morgan fingerprint density at radius 2 is 2.20 bits per heavy atom. The maximum atomic E-state index is 11.2. The van der Waals surface area contributed by atoms with Crippen LogP contribution in [-0.4, -0.2) is 49.6 Å². The zero-order valence-corrected chi connectivity index (χ0v) is 9.78. The molecule has 15 heavy (non-hydrogen) atoms. The molecule has 6 heteroatoms. The van der Waals surface area contributed by atoms with Crippen molar-refractivity contribution in [2.75, 3.05) is 32.2 Å². The SMILES string of the molecule is CNC(=O)C(=O)NCC1(OC)CCSC1. The van der Waals surface area contributed by atoms with Gasteiger partial charge in [-0.2, -0.15) is 11.8 Å². The Morgan fingerprint density at radius 1 is 1.47 bits per heavy atom. The van der Waals surface area contributed by atoms with Gasteiger partial charge in [-0.25, -0.2) is 0 Å². The van der Waals surface area contributed by atoms with Gasteiger partial charge in [0.1, 0.15) is 0 Å². The molecular formula is C9H16N2O3S. The molecular weight excluding hydrogens is 216 g/mol. The Balaban J connectivity index is 2.41. The third-order valence-corrected chi connectivity index (χ3v) is 3.73. The average Bonchev–Trinajstić information content (AvgIpc) is 2.74. The van der Waals surface area contributed by atoms with Gasteiger partial charge >= 0.3 is 11.8 Å². The van der Waals surface area contributed by atoms with Crippen molar-refractivity contribution >= 4 is 23.6 Å². The summed E-state index contributed by atoms with van der Waals surface area (Å²) in [6, 6.07) is 0. The van der Waals surface area contributed by atoms with E-state index in [1.807, 2.05) is 0 Å². The topological polar surface area (TPSA) is 67.4 Å². The Labute approximate surface area is 93.3 Å².